The fourth-order valence-corrected chi connectivity index (χ4v) is 4.00. The van der Waals surface area contributed by atoms with E-state index in [1.165, 1.54) is 5.56 Å². The van der Waals surface area contributed by atoms with E-state index in [1.54, 1.807) is 0 Å². The van der Waals surface area contributed by atoms with E-state index in [9.17, 15) is 9.90 Å². The van der Waals surface area contributed by atoms with E-state index in [0.717, 1.165) is 49.1 Å². The molecule has 1 amide bonds. The molecule has 0 bridgehead atoms. The Morgan fingerprint density at radius 3 is 2.28 bits per heavy atom. The molecule has 0 atom stereocenters. The number of fused-ring (bicyclic) bond motifs is 1. The molecule has 6 nitrogen and oxygen atoms in total. The molecule has 0 aliphatic carbocycles. The molecule has 6 heteroatoms. The van der Waals surface area contributed by atoms with Crippen LogP contribution >= 0.6 is 0 Å². The second-order valence-electron chi connectivity index (χ2n) is 8.50. The largest absolute Gasteiger partial charge is 0.494 e. The molecule has 2 aromatic carbocycles. The fourth-order valence-electron chi connectivity index (χ4n) is 4.00. The van der Waals surface area contributed by atoms with Crippen molar-refractivity contribution in [3.05, 3.63) is 59.2 Å². The molecule has 0 aliphatic heterocycles. The summed E-state index contributed by atoms with van der Waals surface area (Å²) in [6, 6.07) is 13.6. The number of nitrogens with one attached hydrogen (secondary N) is 1. The molecule has 3 aromatic rings. The summed E-state index contributed by atoms with van der Waals surface area (Å²) in [7, 11) is 4.08. The van der Waals surface area contributed by atoms with Crippen LogP contribution < -0.4 is 0 Å². The van der Waals surface area contributed by atoms with Crippen molar-refractivity contribution in [1.82, 2.24) is 14.8 Å². The topological polar surface area (TPSA) is 71.9 Å². The van der Waals surface area contributed by atoms with Gasteiger partial charge in [-0.2, -0.15) is 0 Å². The predicted octanol–water partition coefficient (Wildman–Crippen LogP) is 5.34. The van der Waals surface area contributed by atoms with Crippen LogP contribution in [-0.2, 0) is 6.54 Å². The molecule has 0 fully saturated rings. The fraction of sp³-hybridized carbons (Fsp3) is 0.385. The van der Waals surface area contributed by atoms with Crippen LogP contribution in [0.15, 0.2) is 47.5 Å². The van der Waals surface area contributed by atoms with Gasteiger partial charge in [-0.15, -0.1) is 0 Å². The second kappa shape index (κ2) is 10.5. The Morgan fingerprint density at radius 2 is 1.69 bits per heavy atom. The predicted molar refractivity (Wildman–Crippen MR) is 132 cm³/mol. The highest BCUT2D eigenvalue weighted by atomic mass is 16.3. The molecule has 0 saturated carbocycles. The van der Waals surface area contributed by atoms with E-state index in [-0.39, 0.29) is 11.8 Å². The monoisotopic (exact) mass is 434 g/mol. The van der Waals surface area contributed by atoms with Gasteiger partial charge in [0.15, 0.2) is 5.88 Å². The van der Waals surface area contributed by atoms with Gasteiger partial charge in [0.1, 0.15) is 0 Å². The van der Waals surface area contributed by atoms with Crippen molar-refractivity contribution in [3.8, 4) is 5.88 Å². The zero-order chi connectivity index (χ0) is 23.3. The summed E-state index contributed by atoms with van der Waals surface area (Å²) in [5.74, 6) is 0.0855. The summed E-state index contributed by atoms with van der Waals surface area (Å²) in [6.45, 7) is 8.38. The molecule has 170 valence electrons. The molecule has 0 radical (unpaired) electrons. The van der Waals surface area contributed by atoms with Crippen LogP contribution in [0.2, 0.25) is 0 Å². The Labute approximate surface area is 190 Å². The lowest BCUT2D eigenvalue weighted by atomic mass is 10.0. The average Bonchev–Trinajstić information content (AvgIpc) is 3.09. The van der Waals surface area contributed by atoms with Crippen LogP contribution in [0.5, 0.6) is 5.88 Å². The minimum absolute atomic E-state index is 0.0216. The molecular weight excluding hydrogens is 400 g/mol. The third kappa shape index (κ3) is 5.37. The number of hydrogen-bond acceptors (Lipinski definition) is 4. The molecule has 0 unspecified atom stereocenters. The Hall–Kier alpha value is -3.12. The second-order valence-corrected chi connectivity index (χ2v) is 8.50. The normalized spacial score (nSPS) is 12.0. The lowest BCUT2D eigenvalue weighted by molar-refractivity contribution is 0.0755. The maximum Gasteiger partial charge on any atom is 0.253 e. The lowest BCUT2D eigenvalue weighted by Gasteiger charge is -2.21. The van der Waals surface area contributed by atoms with Gasteiger partial charge < -0.3 is 19.9 Å². The van der Waals surface area contributed by atoms with Crippen molar-refractivity contribution in [1.29, 1.82) is 0 Å². The number of aromatic nitrogens is 1. The molecule has 2 N–H and O–H groups in total. The van der Waals surface area contributed by atoms with Crippen LogP contribution in [0.25, 0.3) is 10.9 Å². The van der Waals surface area contributed by atoms with Gasteiger partial charge >= 0.3 is 0 Å². The van der Waals surface area contributed by atoms with Gasteiger partial charge in [-0.05, 0) is 69.8 Å². The molecular formula is C26H34N4O2. The van der Waals surface area contributed by atoms with E-state index in [2.05, 4.69) is 35.9 Å². The van der Waals surface area contributed by atoms with Crippen molar-refractivity contribution in [2.24, 2.45) is 4.99 Å². The standard InChI is InChI=1S/C26H34N4O2/c1-6-14-30(15-7-2)26(32)20-10-13-23-22(16-20)24(25(31)28-23)18(3)27-21-11-8-19(9-12-21)17-29(4)5/h8-13,16,28,31H,6-7,14-15,17H2,1-5H3. The van der Waals surface area contributed by atoms with Crippen molar-refractivity contribution in [2.45, 2.75) is 40.2 Å². The number of hydrogen-bond donors (Lipinski definition) is 2. The quantitative estimate of drug-likeness (QED) is 0.447. The van der Waals surface area contributed by atoms with E-state index >= 15 is 0 Å². The zero-order valence-corrected chi connectivity index (χ0v) is 19.8. The molecule has 0 saturated heterocycles. The van der Waals surface area contributed by atoms with Gasteiger partial charge in [-0.25, -0.2) is 0 Å². The van der Waals surface area contributed by atoms with Crippen molar-refractivity contribution >= 4 is 28.2 Å². The number of aliphatic imine (C=N–C) groups is 1. The van der Waals surface area contributed by atoms with Gasteiger partial charge in [-0.1, -0.05) is 26.0 Å². The van der Waals surface area contributed by atoms with E-state index in [1.807, 2.05) is 56.3 Å². The highest BCUT2D eigenvalue weighted by molar-refractivity contribution is 6.13. The molecule has 1 heterocycles. The first kappa shape index (κ1) is 23.5. The number of rotatable bonds is 9. The van der Waals surface area contributed by atoms with E-state index in [0.29, 0.717) is 16.8 Å². The summed E-state index contributed by atoms with van der Waals surface area (Å²) < 4.78 is 0. The van der Waals surface area contributed by atoms with Gasteiger partial charge in [0.2, 0.25) is 0 Å². The van der Waals surface area contributed by atoms with Crippen LogP contribution in [-0.4, -0.2) is 58.7 Å². The lowest BCUT2D eigenvalue weighted by Crippen LogP contribution is -2.32. The average molecular weight is 435 g/mol. The van der Waals surface area contributed by atoms with Crippen molar-refractivity contribution < 1.29 is 9.90 Å². The number of aromatic amines is 1. The van der Waals surface area contributed by atoms with Crippen LogP contribution in [0.1, 0.15) is 55.1 Å². The van der Waals surface area contributed by atoms with Gasteiger partial charge in [0.05, 0.1) is 17.0 Å². The number of aromatic hydroxyl groups is 1. The SMILES string of the molecule is CCCN(CCC)C(=O)c1ccc2[nH]c(O)c(C(C)=Nc3ccc(CN(C)C)cc3)c2c1. The van der Waals surface area contributed by atoms with E-state index < -0.39 is 0 Å². The van der Waals surface area contributed by atoms with Gasteiger partial charge in [0.25, 0.3) is 5.91 Å². The van der Waals surface area contributed by atoms with Gasteiger partial charge in [-0.3, -0.25) is 9.79 Å². The zero-order valence-electron chi connectivity index (χ0n) is 19.8. The number of H-pyrrole nitrogens is 1. The Balaban J connectivity index is 1.95. The number of benzene rings is 2. The molecule has 0 aliphatic rings. The number of nitrogens with zero attached hydrogens (tertiary/aromatic N) is 3. The first-order valence-electron chi connectivity index (χ1n) is 11.3. The van der Waals surface area contributed by atoms with E-state index in [4.69, 9.17) is 4.99 Å². The number of carbonyl (C=O) groups excluding carboxylic acids is 1. The first-order chi connectivity index (χ1) is 15.3. The van der Waals surface area contributed by atoms with Crippen molar-refractivity contribution in [3.63, 3.8) is 0 Å². The highest BCUT2D eigenvalue weighted by Crippen LogP contribution is 2.30. The van der Waals surface area contributed by atoms with Crippen LogP contribution in [0.4, 0.5) is 5.69 Å². The molecule has 1 aromatic heterocycles. The Morgan fingerprint density at radius 1 is 1.03 bits per heavy atom. The van der Waals surface area contributed by atoms with Crippen LogP contribution in [0, 0.1) is 0 Å². The number of amides is 1. The minimum Gasteiger partial charge on any atom is -0.494 e. The summed E-state index contributed by atoms with van der Waals surface area (Å²) in [4.78, 5) is 24.8. The van der Waals surface area contributed by atoms with Gasteiger partial charge in [0, 0.05) is 36.1 Å². The first-order valence-corrected chi connectivity index (χ1v) is 11.3. The molecule has 0 spiro atoms. The maximum absolute atomic E-state index is 13.1. The van der Waals surface area contributed by atoms with Crippen LogP contribution in [0.3, 0.4) is 0 Å². The molecule has 32 heavy (non-hydrogen) atoms. The van der Waals surface area contributed by atoms with Crippen molar-refractivity contribution in [2.75, 3.05) is 27.2 Å². The number of carbonyl (C=O) groups is 1. The Kier molecular flexibility index (Phi) is 7.70. The highest BCUT2D eigenvalue weighted by Gasteiger charge is 2.19. The molecule has 3 rings (SSSR count). The summed E-state index contributed by atoms with van der Waals surface area (Å²) in [6.07, 6.45) is 1.84. The summed E-state index contributed by atoms with van der Waals surface area (Å²) in [5.41, 5.74) is 4.77. The Bertz CT molecular complexity index is 1090. The summed E-state index contributed by atoms with van der Waals surface area (Å²) in [5, 5.41) is 11.4. The summed E-state index contributed by atoms with van der Waals surface area (Å²) >= 11 is 0. The third-order valence-corrected chi connectivity index (χ3v) is 5.39. The third-order valence-electron chi connectivity index (χ3n) is 5.39. The maximum atomic E-state index is 13.1. The smallest absolute Gasteiger partial charge is 0.253 e. The minimum atomic E-state index is 0.0216.